The highest BCUT2D eigenvalue weighted by atomic mass is 32.2. The Balaban J connectivity index is 2.25. The number of rotatable bonds is 6. The van der Waals surface area contributed by atoms with E-state index in [1.54, 1.807) is 4.57 Å². The number of nitrogens with one attached hydrogen (secondary N) is 1. The largest absolute Gasteiger partial charge is 0.348 e. The Morgan fingerprint density at radius 2 is 2.20 bits per heavy atom. The quantitative estimate of drug-likeness (QED) is 0.831. The summed E-state index contributed by atoms with van der Waals surface area (Å²) in [4.78, 5) is 12.3. The van der Waals surface area contributed by atoms with Crippen LogP contribution >= 0.6 is 0 Å². The van der Waals surface area contributed by atoms with Gasteiger partial charge in [0.05, 0.1) is 0 Å². The van der Waals surface area contributed by atoms with Crippen molar-refractivity contribution in [3.8, 4) is 0 Å². The third-order valence-electron chi connectivity index (χ3n) is 3.42. The number of carbonyl (C=O) groups is 1. The molecule has 7 heteroatoms. The summed E-state index contributed by atoms with van der Waals surface area (Å²) in [5.74, 6) is -0.243. The highest BCUT2D eigenvalue weighted by molar-refractivity contribution is 7.89. The Morgan fingerprint density at radius 1 is 1.55 bits per heavy atom. The summed E-state index contributed by atoms with van der Waals surface area (Å²) in [5.41, 5.74) is 0.375. The number of nitrogens with zero attached hydrogens (tertiary/aromatic N) is 1. The second-order valence-corrected chi connectivity index (χ2v) is 6.97. The molecule has 3 N–H and O–H groups in total. The maximum atomic E-state index is 12.3. The van der Waals surface area contributed by atoms with E-state index in [1.807, 2.05) is 6.92 Å². The molecule has 2 rings (SSSR count). The minimum absolute atomic E-state index is 0.00213. The first kappa shape index (κ1) is 15.1. The van der Waals surface area contributed by atoms with Crippen molar-refractivity contribution in [2.24, 2.45) is 5.14 Å². The summed E-state index contributed by atoms with van der Waals surface area (Å²) < 4.78 is 24.6. The minimum atomic E-state index is -3.78. The smallest absolute Gasteiger partial charge is 0.268 e. The molecule has 0 bridgehead atoms. The van der Waals surface area contributed by atoms with E-state index in [0.717, 1.165) is 25.7 Å². The Hall–Kier alpha value is -1.34. The predicted octanol–water partition coefficient (Wildman–Crippen LogP) is 1.39. The molecule has 1 amide bonds. The molecule has 0 aliphatic heterocycles. The molecule has 1 saturated carbocycles. The Morgan fingerprint density at radius 3 is 2.70 bits per heavy atom. The lowest BCUT2D eigenvalue weighted by molar-refractivity contribution is 0.0928. The van der Waals surface area contributed by atoms with Gasteiger partial charge in [0.15, 0.2) is 0 Å². The van der Waals surface area contributed by atoms with Crippen molar-refractivity contribution in [3.63, 3.8) is 0 Å². The highest BCUT2D eigenvalue weighted by Gasteiger charge is 2.30. The first-order valence-electron chi connectivity index (χ1n) is 6.88. The summed E-state index contributed by atoms with van der Waals surface area (Å²) in [6, 6.07) is 1.64. The van der Waals surface area contributed by atoms with E-state index in [-0.39, 0.29) is 22.9 Å². The van der Waals surface area contributed by atoms with Gasteiger partial charge in [0.1, 0.15) is 10.6 Å². The molecule has 1 fully saturated rings. The Kier molecular flexibility index (Phi) is 4.19. The van der Waals surface area contributed by atoms with E-state index in [9.17, 15) is 13.2 Å². The average molecular weight is 299 g/mol. The topological polar surface area (TPSA) is 94.2 Å². The number of amides is 1. The SMILES string of the molecule is CCCC(C)NC(=O)c1cc(S(N)(=O)=O)cn1C1CC1. The zero-order valence-electron chi connectivity index (χ0n) is 11.8. The van der Waals surface area contributed by atoms with E-state index in [0.29, 0.717) is 5.69 Å². The van der Waals surface area contributed by atoms with Crippen LogP contribution in [0.1, 0.15) is 56.1 Å². The van der Waals surface area contributed by atoms with Crippen LogP contribution in [0.2, 0.25) is 0 Å². The van der Waals surface area contributed by atoms with E-state index in [1.165, 1.54) is 12.3 Å². The van der Waals surface area contributed by atoms with Gasteiger partial charge in [-0.3, -0.25) is 4.79 Å². The molecule has 20 heavy (non-hydrogen) atoms. The Bertz CT molecular complexity index is 602. The molecule has 0 radical (unpaired) electrons. The van der Waals surface area contributed by atoms with Gasteiger partial charge in [-0.25, -0.2) is 13.6 Å². The van der Waals surface area contributed by atoms with Crippen molar-refractivity contribution < 1.29 is 13.2 Å². The van der Waals surface area contributed by atoms with Crippen molar-refractivity contribution in [1.29, 1.82) is 0 Å². The molecule has 1 heterocycles. The molecule has 1 atom stereocenters. The molecule has 1 aliphatic rings. The predicted molar refractivity (Wildman–Crippen MR) is 75.9 cm³/mol. The summed E-state index contributed by atoms with van der Waals surface area (Å²) in [6.45, 7) is 3.99. The molecular weight excluding hydrogens is 278 g/mol. The summed E-state index contributed by atoms with van der Waals surface area (Å²) in [6.07, 6.45) is 5.25. The van der Waals surface area contributed by atoms with E-state index in [2.05, 4.69) is 12.2 Å². The van der Waals surface area contributed by atoms with E-state index in [4.69, 9.17) is 5.14 Å². The van der Waals surface area contributed by atoms with Crippen LogP contribution in [-0.4, -0.2) is 24.9 Å². The van der Waals surface area contributed by atoms with Crippen molar-refractivity contribution in [2.75, 3.05) is 0 Å². The van der Waals surface area contributed by atoms with Crippen molar-refractivity contribution in [1.82, 2.24) is 9.88 Å². The molecule has 1 aromatic heterocycles. The standard InChI is InChI=1S/C13H21N3O3S/c1-3-4-9(2)15-13(17)12-7-11(20(14,18)19)8-16(12)10-5-6-10/h7-10H,3-6H2,1-2H3,(H,15,17)(H2,14,18,19). The number of nitrogens with two attached hydrogens (primary N) is 1. The van der Waals surface area contributed by atoms with Crippen LogP contribution in [0.25, 0.3) is 0 Å². The minimum Gasteiger partial charge on any atom is -0.348 e. The first-order valence-corrected chi connectivity index (χ1v) is 8.43. The van der Waals surface area contributed by atoms with Gasteiger partial charge in [0, 0.05) is 18.3 Å². The molecule has 6 nitrogen and oxygen atoms in total. The molecule has 0 saturated heterocycles. The third-order valence-corrected chi connectivity index (χ3v) is 4.30. The second kappa shape index (κ2) is 5.57. The van der Waals surface area contributed by atoms with Gasteiger partial charge in [0.2, 0.25) is 10.0 Å². The third kappa shape index (κ3) is 3.40. The summed E-state index contributed by atoms with van der Waals surface area (Å²) in [7, 11) is -3.78. The lowest BCUT2D eigenvalue weighted by atomic mass is 10.2. The van der Waals surface area contributed by atoms with Gasteiger partial charge in [-0.2, -0.15) is 0 Å². The van der Waals surface area contributed by atoms with Crippen molar-refractivity contribution in [3.05, 3.63) is 18.0 Å². The van der Waals surface area contributed by atoms with Crippen molar-refractivity contribution >= 4 is 15.9 Å². The van der Waals surface area contributed by atoms with Crippen LogP contribution < -0.4 is 10.5 Å². The van der Waals surface area contributed by atoms with Crippen molar-refractivity contribution in [2.45, 2.75) is 56.5 Å². The number of sulfonamides is 1. The van der Waals surface area contributed by atoms with Crippen LogP contribution in [0.15, 0.2) is 17.2 Å². The van der Waals surface area contributed by atoms with E-state index < -0.39 is 10.0 Å². The average Bonchev–Trinajstić information content (AvgIpc) is 3.06. The molecule has 0 spiro atoms. The molecule has 112 valence electrons. The normalized spacial score (nSPS) is 16.9. The number of hydrogen-bond donors (Lipinski definition) is 2. The maximum Gasteiger partial charge on any atom is 0.268 e. The number of hydrogen-bond acceptors (Lipinski definition) is 3. The molecule has 0 aromatic carbocycles. The monoisotopic (exact) mass is 299 g/mol. The van der Waals surface area contributed by atoms with Gasteiger partial charge >= 0.3 is 0 Å². The molecule has 1 unspecified atom stereocenters. The summed E-state index contributed by atoms with van der Waals surface area (Å²) in [5, 5.41) is 8.03. The van der Waals surface area contributed by atoms with Crippen LogP contribution in [-0.2, 0) is 10.0 Å². The van der Waals surface area contributed by atoms with Crippen LogP contribution in [0, 0.1) is 0 Å². The number of aromatic nitrogens is 1. The first-order chi connectivity index (χ1) is 9.32. The fourth-order valence-electron chi connectivity index (χ4n) is 2.25. The molecule has 1 aromatic rings. The fraction of sp³-hybridized carbons (Fsp3) is 0.615. The lowest BCUT2D eigenvalue weighted by Gasteiger charge is -2.14. The van der Waals surface area contributed by atoms with Gasteiger partial charge in [-0.05, 0) is 32.3 Å². The maximum absolute atomic E-state index is 12.3. The Labute approximate surface area is 119 Å². The number of carbonyl (C=O) groups excluding carboxylic acids is 1. The zero-order chi connectivity index (χ0) is 14.9. The second-order valence-electron chi connectivity index (χ2n) is 5.41. The summed E-state index contributed by atoms with van der Waals surface area (Å²) >= 11 is 0. The van der Waals surface area contributed by atoms with Gasteiger partial charge in [-0.15, -0.1) is 0 Å². The van der Waals surface area contributed by atoms with Gasteiger partial charge < -0.3 is 9.88 Å². The zero-order valence-corrected chi connectivity index (χ0v) is 12.6. The van der Waals surface area contributed by atoms with Crippen LogP contribution in [0.5, 0.6) is 0 Å². The van der Waals surface area contributed by atoms with Crippen LogP contribution in [0.3, 0.4) is 0 Å². The highest BCUT2D eigenvalue weighted by Crippen LogP contribution is 2.37. The van der Waals surface area contributed by atoms with Gasteiger partial charge in [0.25, 0.3) is 5.91 Å². The fourth-order valence-corrected chi connectivity index (χ4v) is 2.79. The van der Waals surface area contributed by atoms with E-state index >= 15 is 0 Å². The lowest BCUT2D eigenvalue weighted by Crippen LogP contribution is -2.33. The number of primary sulfonamides is 1. The molecular formula is C13H21N3O3S. The molecule has 1 aliphatic carbocycles. The van der Waals surface area contributed by atoms with Crippen LogP contribution in [0.4, 0.5) is 0 Å². The van der Waals surface area contributed by atoms with Gasteiger partial charge in [-0.1, -0.05) is 13.3 Å².